The van der Waals surface area contributed by atoms with Crippen LogP contribution in [0, 0.1) is 5.92 Å². The monoisotopic (exact) mass is 325 g/mol. The summed E-state index contributed by atoms with van der Waals surface area (Å²) < 4.78 is 4.82. The summed E-state index contributed by atoms with van der Waals surface area (Å²) >= 11 is 0. The molecule has 7 heteroatoms. The van der Waals surface area contributed by atoms with Crippen LogP contribution in [0.15, 0.2) is 0 Å². The molecule has 2 aliphatic rings. The maximum absolute atomic E-state index is 12.3. The summed E-state index contributed by atoms with van der Waals surface area (Å²) in [6, 6.07) is 0.209. The first-order chi connectivity index (χ1) is 11.0. The minimum absolute atomic E-state index is 0.00359. The van der Waals surface area contributed by atoms with Crippen molar-refractivity contribution in [2.75, 3.05) is 27.3 Å². The summed E-state index contributed by atoms with van der Waals surface area (Å²) in [6.45, 7) is 0.478. The van der Waals surface area contributed by atoms with E-state index in [1.807, 2.05) is 0 Å². The second kappa shape index (κ2) is 8.29. The number of carbonyl (C=O) groups is 3. The average molecular weight is 325 g/mol. The van der Waals surface area contributed by atoms with Crippen molar-refractivity contribution in [2.24, 2.45) is 5.92 Å². The van der Waals surface area contributed by atoms with Crippen LogP contribution in [0.1, 0.15) is 38.5 Å². The number of nitrogens with one attached hydrogen (secondary N) is 2. The molecule has 2 N–H and O–H groups in total. The van der Waals surface area contributed by atoms with E-state index in [1.54, 1.807) is 11.9 Å². The van der Waals surface area contributed by atoms with E-state index in [9.17, 15) is 14.4 Å². The SMILES string of the molecule is COCC(=O)N[C@@H]1CCC[C@@H](C(=O)NC2CC2)CC(=O)N(C)C1. The van der Waals surface area contributed by atoms with Crippen molar-refractivity contribution in [2.45, 2.75) is 50.6 Å². The van der Waals surface area contributed by atoms with Crippen LogP contribution in [-0.2, 0) is 19.1 Å². The number of rotatable bonds is 5. The van der Waals surface area contributed by atoms with E-state index >= 15 is 0 Å². The van der Waals surface area contributed by atoms with Crippen LogP contribution in [0.3, 0.4) is 0 Å². The van der Waals surface area contributed by atoms with Crippen LogP contribution in [0.2, 0.25) is 0 Å². The Morgan fingerprint density at radius 1 is 1.17 bits per heavy atom. The minimum Gasteiger partial charge on any atom is -0.375 e. The summed E-state index contributed by atoms with van der Waals surface area (Å²) in [5, 5.41) is 5.89. The summed E-state index contributed by atoms with van der Waals surface area (Å²) in [5.74, 6) is -0.496. The van der Waals surface area contributed by atoms with Crippen molar-refractivity contribution in [3.63, 3.8) is 0 Å². The molecule has 1 saturated carbocycles. The second-order valence-electron chi connectivity index (χ2n) is 6.59. The van der Waals surface area contributed by atoms with E-state index in [-0.39, 0.29) is 42.7 Å². The fourth-order valence-corrected chi connectivity index (χ4v) is 2.89. The Labute approximate surface area is 137 Å². The summed E-state index contributed by atoms with van der Waals surface area (Å²) in [4.78, 5) is 37.8. The molecule has 23 heavy (non-hydrogen) atoms. The maximum atomic E-state index is 12.3. The van der Waals surface area contributed by atoms with Crippen molar-refractivity contribution in [3.05, 3.63) is 0 Å². The van der Waals surface area contributed by atoms with E-state index in [0.717, 1.165) is 25.7 Å². The highest BCUT2D eigenvalue weighted by Crippen LogP contribution is 2.23. The third-order valence-electron chi connectivity index (χ3n) is 4.38. The van der Waals surface area contributed by atoms with Gasteiger partial charge in [0.1, 0.15) is 6.61 Å². The number of hydrogen-bond acceptors (Lipinski definition) is 4. The second-order valence-corrected chi connectivity index (χ2v) is 6.59. The van der Waals surface area contributed by atoms with Crippen molar-refractivity contribution < 1.29 is 19.1 Å². The van der Waals surface area contributed by atoms with Crippen molar-refractivity contribution >= 4 is 17.7 Å². The molecule has 2 atom stereocenters. The first-order valence-corrected chi connectivity index (χ1v) is 8.32. The Balaban J connectivity index is 1.92. The molecule has 0 bridgehead atoms. The van der Waals surface area contributed by atoms with E-state index in [4.69, 9.17) is 4.74 Å². The largest absolute Gasteiger partial charge is 0.375 e. The van der Waals surface area contributed by atoms with Crippen LogP contribution in [0.4, 0.5) is 0 Å². The molecule has 3 amide bonds. The Morgan fingerprint density at radius 2 is 1.91 bits per heavy atom. The lowest BCUT2D eigenvalue weighted by molar-refractivity contribution is -0.135. The van der Waals surface area contributed by atoms with Gasteiger partial charge in [-0.2, -0.15) is 0 Å². The van der Waals surface area contributed by atoms with Gasteiger partial charge in [0.2, 0.25) is 17.7 Å². The van der Waals surface area contributed by atoms with E-state index in [2.05, 4.69) is 10.6 Å². The fourth-order valence-electron chi connectivity index (χ4n) is 2.89. The quantitative estimate of drug-likeness (QED) is 0.747. The highest BCUT2D eigenvalue weighted by atomic mass is 16.5. The molecule has 2 fully saturated rings. The molecular weight excluding hydrogens is 298 g/mol. The molecule has 130 valence electrons. The molecule has 0 spiro atoms. The van der Waals surface area contributed by atoms with E-state index in [1.165, 1.54) is 7.11 Å². The zero-order valence-electron chi connectivity index (χ0n) is 14.0. The Kier molecular flexibility index (Phi) is 6.38. The molecule has 0 aromatic carbocycles. The molecule has 1 heterocycles. The van der Waals surface area contributed by atoms with Gasteiger partial charge in [-0.3, -0.25) is 14.4 Å². The lowest BCUT2D eigenvalue weighted by Gasteiger charge is -2.24. The van der Waals surface area contributed by atoms with Crippen LogP contribution >= 0.6 is 0 Å². The number of amides is 3. The Bertz CT molecular complexity index is 451. The van der Waals surface area contributed by atoms with Gasteiger partial charge in [0.25, 0.3) is 0 Å². The average Bonchev–Trinajstić information content (AvgIpc) is 3.28. The van der Waals surface area contributed by atoms with Gasteiger partial charge >= 0.3 is 0 Å². The first-order valence-electron chi connectivity index (χ1n) is 8.32. The highest BCUT2D eigenvalue weighted by Gasteiger charge is 2.31. The topological polar surface area (TPSA) is 87.7 Å². The van der Waals surface area contributed by atoms with Gasteiger partial charge < -0.3 is 20.3 Å². The minimum atomic E-state index is -0.265. The fraction of sp³-hybridized carbons (Fsp3) is 0.812. The Morgan fingerprint density at radius 3 is 2.57 bits per heavy atom. The van der Waals surface area contributed by atoms with Gasteiger partial charge in [0, 0.05) is 45.1 Å². The van der Waals surface area contributed by atoms with Gasteiger partial charge in [-0.05, 0) is 25.7 Å². The molecule has 0 unspecified atom stereocenters. The van der Waals surface area contributed by atoms with Crippen LogP contribution in [0.25, 0.3) is 0 Å². The zero-order valence-corrected chi connectivity index (χ0v) is 14.0. The number of methoxy groups -OCH3 is 1. The molecule has 1 aliphatic heterocycles. The van der Waals surface area contributed by atoms with Gasteiger partial charge in [-0.25, -0.2) is 0 Å². The molecule has 7 nitrogen and oxygen atoms in total. The summed E-state index contributed by atoms with van der Waals surface area (Å²) in [7, 11) is 3.19. The van der Waals surface area contributed by atoms with E-state index in [0.29, 0.717) is 19.0 Å². The third kappa shape index (κ3) is 5.82. The number of ether oxygens (including phenoxy) is 1. The lowest BCUT2D eigenvalue weighted by atomic mass is 9.96. The predicted octanol–water partition coefficient (Wildman–Crippen LogP) is 0.0448. The normalized spacial score (nSPS) is 26.0. The highest BCUT2D eigenvalue weighted by molar-refractivity contribution is 5.86. The Hall–Kier alpha value is -1.63. The first kappa shape index (κ1) is 17.7. The van der Waals surface area contributed by atoms with Crippen LogP contribution in [0.5, 0.6) is 0 Å². The smallest absolute Gasteiger partial charge is 0.246 e. The lowest BCUT2D eigenvalue weighted by Crippen LogP contribution is -2.45. The standard InChI is InChI=1S/C16H27N3O4/c1-19-9-13(17-14(20)10-23-2)5-3-4-11(8-15(19)21)16(22)18-12-6-7-12/h11-13H,3-10H2,1-2H3,(H,17,20)(H,18,22)/t11-,13-/m1/s1. The number of hydrogen-bond donors (Lipinski definition) is 2. The van der Waals surface area contributed by atoms with E-state index < -0.39 is 0 Å². The summed E-state index contributed by atoms with van der Waals surface area (Å²) in [5.41, 5.74) is 0. The number of carbonyl (C=O) groups excluding carboxylic acids is 3. The molecule has 0 aromatic rings. The zero-order chi connectivity index (χ0) is 16.8. The third-order valence-corrected chi connectivity index (χ3v) is 4.38. The van der Waals surface area contributed by atoms with Crippen molar-refractivity contribution in [1.29, 1.82) is 0 Å². The molecule has 2 rings (SSSR count). The van der Waals surface area contributed by atoms with Crippen LogP contribution < -0.4 is 10.6 Å². The summed E-state index contributed by atoms with van der Waals surface area (Å²) in [6.07, 6.45) is 4.56. The van der Waals surface area contributed by atoms with Gasteiger partial charge in [-0.1, -0.05) is 6.42 Å². The predicted molar refractivity (Wildman–Crippen MR) is 84.6 cm³/mol. The molecule has 1 saturated heterocycles. The molecule has 0 radical (unpaired) electrons. The van der Waals surface area contributed by atoms with Crippen molar-refractivity contribution in [1.82, 2.24) is 15.5 Å². The van der Waals surface area contributed by atoms with Gasteiger partial charge in [0.15, 0.2) is 0 Å². The number of likely N-dealkylation sites (N-methyl/N-ethyl adjacent to an activating group) is 1. The molecular formula is C16H27N3O4. The number of nitrogens with zero attached hydrogens (tertiary/aromatic N) is 1. The van der Waals surface area contributed by atoms with Gasteiger partial charge in [-0.15, -0.1) is 0 Å². The van der Waals surface area contributed by atoms with Crippen molar-refractivity contribution in [3.8, 4) is 0 Å². The van der Waals surface area contributed by atoms with Gasteiger partial charge in [0.05, 0.1) is 0 Å². The molecule has 0 aromatic heterocycles. The maximum Gasteiger partial charge on any atom is 0.246 e. The molecule has 1 aliphatic carbocycles. The van der Waals surface area contributed by atoms with Crippen LogP contribution in [-0.4, -0.2) is 62.0 Å².